The first kappa shape index (κ1) is 14.6. The number of hydrogen-bond acceptors (Lipinski definition) is 5. The van der Waals surface area contributed by atoms with Gasteiger partial charge in [0.05, 0.1) is 13.7 Å². The average Bonchev–Trinajstić information content (AvgIpc) is 2.70. The van der Waals surface area contributed by atoms with Gasteiger partial charge in [-0.25, -0.2) is 9.36 Å². The van der Waals surface area contributed by atoms with Crippen LogP contribution in [0.15, 0.2) is 12.1 Å². The quantitative estimate of drug-likeness (QED) is 0.543. The van der Waals surface area contributed by atoms with Gasteiger partial charge in [-0.3, -0.25) is 4.79 Å². The van der Waals surface area contributed by atoms with Crippen LogP contribution in [0.25, 0.3) is 0 Å². The maximum absolute atomic E-state index is 11.8. The van der Waals surface area contributed by atoms with Gasteiger partial charge in [0.25, 0.3) is 5.91 Å². The number of amides is 1. The van der Waals surface area contributed by atoms with Gasteiger partial charge in [0.2, 0.25) is 0 Å². The molecular weight excluding hydrogens is 258 g/mol. The lowest BCUT2D eigenvalue weighted by molar-refractivity contribution is -0.391. The molecule has 0 aliphatic heterocycles. The van der Waals surface area contributed by atoms with E-state index < -0.39 is 22.8 Å². The van der Waals surface area contributed by atoms with Crippen molar-refractivity contribution in [3.05, 3.63) is 27.9 Å². The number of carbonyl (C=O) groups excluding carboxylic acids is 1. The number of aliphatic carboxylic acids is 1. The summed E-state index contributed by atoms with van der Waals surface area (Å²) in [5, 5.41) is 21.7. The molecule has 0 saturated carbocycles. The summed E-state index contributed by atoms with van der Waals surface area (Å²) in [6, 6.07) is 1.20. The maximum Gasteiger partial charge on any atom is 0.328 e. The minimum Gasteiger partial charge on any atom is -0.480 e. The van der Waals surface area contributed by atoms with E-state index in [0.29, 0.717) is 0 Å². The molecule has 19 heavy (non-hydrogen) atoms. The van der Waals surface area contributed by atoms with Crippen molar-refractivity contribution in [3.8, 4) is 0 Å². The second-order valence-corrected chi connectivity index (χ2v) is 3.71. The van der Waals surface area contributed by atoms with E-state index in [2.05, 4.69) is 10.1 Å². The number of carboxylic acid groups (broad SMARTS) is 1. The van der Waals surface area contributed by atoms with Crippen molar-refractivity contribution in [2.45, 2.75) is 6.04 Å². The Morgan fingerprint density at radius 2 is 2.21 bits per heavy atom. The lowest BCUT2D eigenvalue weighted by Crippen LogP contribution is -2.44. The summed E-state index contributed by atoms with van der Waals surface area (Å²) < 4.78 is 5.74. The molecule has 9 nitrogen and oxygen atoms in total. The van der Waals surface area contributed by atoms with Crippen LogP contribution in [0.4, 0.5) is 5.82 Å². The molecule has 1 aromatic heterocycles. The standard InChI is InChI=1S/C10H13N3O6/c1-12-7(3-4-8(12)13(17)18)9(14)11-6(5-19-2)10(15)16/h3-4,6H,5H2,1-2H3,(H,11,14)(H,15,16). The third-order valence-electron chi connectivity index (χ3n) is 2.45. The number of carboxylic acids is 1. The van der Waals surface area contributed by atoms with Crippen molar-refractivity contribution in [3.63, 3.8) is 0 Å². The summed E-state index contributed by atoms with van der Waals surface area (Å²) in [5.74, 6) is -2.23. The maximum atomic E-state index is 11.8. The molecule has 0 radical (unpaired) electrons. The number of ether oxygens (including phenoxy) is 1. The number of methoxy groups -OCH3 is 1. The fourth-order valence-electron chi connectivity index (χ4n) is 1.49. The Balaban J connectivity index is 2.89. The highest BCUT2D eigenvalue weighted by atomic mass is 16.6. The van der Waals surface area contributed by atoms with Crippen LogP contribution in [0.2, 0.25) is 0 Å². The van der Waals surface area contributed by atoms with E-state index in [4.69, 9.17) is 5.11 Å². The Hall–Kier alpha value is -2.42. The highest BCUT2D eigenvalue weighted by Crippen LogP contribution is 2.14. The van der Waals surface area contributed by atoms with Gasteiger partial charge in [-0.2, -0.15) is 0 Å². The third kappa shape index (κ3) is 3.28. The van der Waals surface area contributed by atoms with E-state index in [-0.39, 0.29) is 18.1 Å². The van der Waals surface area contributed by atoms with Gasteiger partial charge in [0.15, 0.2) is 11.7 Å². The van der Waals surface area contributed by atoms with Crippen molar-refractivity contribution in [1.82, 2.24) is 9.88 Å². The van der Waals surface area contributed by atoms with Crippen molar-refractivity contribution in [2.24, 2.45) is 7.05 Å². The molecular formula is C10H13N3O6. The van der Waals surface area contributed by atoms with E-state index in [9.17, 15) is 19.7 Å². The Morgan fingerprint density at radius 3 is 2.63 bits per heavy atom. The van der Waals surface area contributed by atoms with Crippen LogP contribution in [0.1, 0.15) is 10.5 Å². The van der Waals surface area contributed by atoms with Gasteiger partial charge in [0.1, 0.15) is 0 Å². The summed E-state index contributed by atoms with van der Waals surface area (Å²) in [6.45, 7) is -0.201. The first-order valence-electron chi connectivity index (χ1n) is 5.21. The summed E-state index contributed by atoms with van der Waals surface area (Å²) in [6.07, 6.45) is 0. The molecule has 0 fully saturated rings. The number of nitro groups is 1. The summed E-state index contributed by atoms with van der Waals surface area (Å²) in [7, 11) is 2.65. The molecule has 0 aliphatic carbocycles. The van der Waals surface area contributed by atoms with Gasteiger partial charge < -0.3 is 25.3 Å². The zero-order chi connectivity index (χ0) is 14.6. The molecule has 1 amide bonds. The topological polar surface area (TPSA) is 124 Å². The van der Waals surface area contributed by atoms with Crippen LogP contribution in [-0.2, 0) is 16.6 Å². The summed E-state index contributed by atoms with van der Waals surface area (Å²) in [5.41, 5.74) is -0.00551. The molecule has 1 atom stereocenters. The van der Waals surface area contributed by atoms with Gasteiger partial charge in [-0.05, 0) is 11.0 Å². The Morgan fingerprint density at radius 1 is 1.58 bits per heavy atom. The number of nitrogens with zero attached hydrogens (tertiary/aromatic N) is 2. The van der Waals surface area contributed by atoms with Crippen molar-refractivity contribution in [1.29, 1.82) is 0 Å². The first-order valence-corrected chi connectivity index (χ1v) is 5.21. The average molecular weight is 271 g/mol. The van der Waals surface area contributed by atoms with Crippen LogP contribution >= 0.6 is 0 Å². The zero-order valence-electron chi connectivity index (χ0n) is 10.3. The third-order valence-corrected chi connectivity index (χ3v) is 2.45. The van der Waals surface area contributed by atoms with E-state index in [1.165, 1.54) is 26.3 Å². The smallest absolute Gasteiger partial charge is 0.328 e. The van der Waals surface area contributed by atoms with Gasteiger partial charge in [-0.15, -0.1) is 0 Å². The fourth-order valence-corrected chi connectivity index (χ4v) is 1.49. The molecule has 1 aromatic rings. The Bertz CT molecular complexity index is 509. The first-order chi connectivity index (χ1) is 8.88. The minimum absolute atomic E-state index is 0.00551. The van der Waals surface area contributed by atoms with Crippen LogP contribution in [0, 0.1) is 10.1 Å². The molecule has 0 saturated heterocycles. The lowest BCUT2D eigenvalue weighted by atomic mass is 10.3. The predicted octanol–water partition coefficient (Wildman–Crippen LogP) is -0.237. The lowest BCUT2D eigenvalue weighted by Gasteiger charge is -2.12. The van der Waals surface area contributed by atoms with Crippen LogP contribution < -0.4 is 5.32 Å². The molecule has 1 heterocycles. The predicted molar refractivity (Wildman–Crippen MR) is 62.8 cm³/mol. The molecule has 104 valence electrons. The number of carbonyl (C=O) groups is 2. The highest BCUT2D eigenvalue weighted by Gasteiger charge is 2.25. The van der Waals surface area contributed by atoms with E-state index in [1.54, 1.807) is 0 Å². The molecule has 1 unspecified atom stereocenters. The second-order valence-electron chi connectivity index (χ2n) is 3.71. The van der Waals surface area contributed by atoms with Gasteiger partial charge in [-0.1, -0.05) is 0 Å². The van der Waals surface area contributed by atoms with Crippen LogP contribution in [-0.4, -0.2) is 46.2 Å². The molecule has 0 spiro atoms. The molecule has 0 aliphatic rings. The molecule has 1 rings (SSSR count). The number of nitrogens with one attached hydrogen (secondary N) is 1. The highest BCUT2D eigenvalue weighted by molar-refractivity contribution is 5.95. The molecule has 0 bridgehead atoms. The number of hydrogen-bond donors (Lipinski definition) is 2. The van der Waals surface area contributed by atoms with Crippen LogP contribution in [0.5, 0.6) is 0 Å². The largest absolute Gasteiger partial charge is 0.480 e. The Kier molecular flexibility index (Phi) is 4.59. The molecule has 0 aromatic carbocycles. The normalized spacial score (nSPS) is 11.9. The zero-order valence-corrected chi connectivity index (χ0v) is 10.3. The van der Waals surface area contributed by atoms with E-state index in [0.717, 1.165) is 4.57 Å². The van der Waals surface area contributed by atoms with E-state index in [1.807, 2.05) is 0 Å². The fraction of sp³-hybridized carbons (Fsp3) is 0.400. The second kappa shape index (κ2) is 5.96. The Labute approximate surface area is 107 Å². The summed E-state index contributed by atoms with van der Waals surface area (Å²) >= 11 is 0. The van der Waals surface area contributed by atoms with E-state index >= 15 is 0 Å². The monoisotopic (exact) mass is 271 g/mol. The van der Waals surface area contributed by atoms with Crippen molar-refractivity contribution < 1.29 is 24.4 Å². The SMILES string of the molecule is COCC(NC(=O)c1ccc([N+](=O)[O-])n1C)C(=O)O. The van der Waals surface area contributed by atoms with Gasteiger partial charge in [0, 0.05) is 13.2 Å². The summed E-state index contributed by atoms with van der Waals surface area (Å²) in [4.78, 5) is 32.7. The minimum atomic E-state index is -1.25. The van der Waals surface area contributed by atoms with Gasteiger partial charge >= 0.3 is 11.8 Å². The molecule has 9 heteroatoms. The number of aromatic nitrogens is 1. The molecule has 2 N–H and O–H groups in total. The number of rotatable bonds is 6. The van der Waals surface area contributed by atoms with Crippen molar-refractivity contribution in [2.75, 3.05) is 13.7 Å². The van der Waals surface area contributed by atoms with Crippen LogP contribution in [0.3, 0.4) is 0 Å². The van der Waals surface area contributed by atoms with Crippen molar-refractivity contribution >= 4 is 17.7 Å².